The van der Waals surface area contributed by atoms with Crippen LogP contribution in [-0.2, 0) is 4.79 Å². The quantitative estimate of drug-likeness (QED) is 0.731. The fourth-order valence-corrected chi connectivity index (χ4v) is 2.40. The maximum absolute atomic E-state index is 11.3. The SMILES string of the molecule is CC(C)NC1(C(=O)O)CCC(N(C)C)C1. The van der Waals surface area contributed by atoms with E-state index in [-0.39, 0.29) is 6.04 Å². The molecule has 1 aliphatic carbocycles. The maximum Gasteiger partial charge on any atom is 0.323 e. The zero-order valence-electron chi connectivity index (χ0n) is 10.1. The van der Waals surface area contributed by atoms with Crippen molar-refractivity contribution in [2.45, 2.75) is 50.7 Å². The number of carboxylic acid groups (broad SMARTS) is 1. The molecule has 2 N–H and O–H groups in total. The summed E-state index contributed by atoms with van der Waals surface area (Å²) in [7, 11) is 4.02. The van der Waals surface area contributed by atoms with Crippen molar-refractivity contribution in [3.8, 4) is 0 Å². The molecule has 88 valence electrons. The minimum Gasteiger partial charge on any atom is -0.480 e. The molecule has 1 saturated carbocycles. The molecule has 15 heavy (non-hydrogen) atoms. The monoisotopic (exact) mass is 214 g/mol. The van der Waals surface area contributed by atoms with Gasteiger partial charge in [0.1, 0.15) is 5.54 Å². The molecular formula is C11H22N2O2. The summed E-state index contributed by atoms with van der Waals surface area (Å²) in [5, 5.41) is 12.5. The van der Waals surface area contributed by atoms with E-state index in [1.807, 2.05) is 27.9 Å². The molecule has 0 spiro atoms. The number of nitrogens with zero attached hydrogens (tertiary/aromatic N) is 1. The Hall–Kier alpha value is -0.610. The van der Waals surface area contributed by atoms with E-state index in [1.54, 1.807) is 0 Å². The Morgan fingerprint density at radius 3 is 2.47 bits per heavy atom. The average molecular weight is 214 g/mol. The second-order valence-electron chi connectivity index (χ2n) is 5.05. The third kappa shape index (κ3) is 2.69. The van der Waals surface area contributed by atoms with Gasteiger partial charge in [0.05, 0.1) is 0 Å². The predicted molar refractivity (Wildman–Crippen MR) is 60.0 cm³/mol. The van der Waals surface area contributed by atoms with Gasteiger partial charge in [-0.2, -0.15) is 0 Å². The molecule has 0 aromatic heterocycles. The normalized spacial score (nSPS) is 31.5. The van der Waals surface area contributed by atoms with Gasteiger partial charge in [0.2, 0.25) is 0 Å². The standard InChI is InChI=1S/C11H22N2O2/c1-8(2)12-11(10(14)15)6-5-9(7-11)13(3)4/h8-9,12H,5-7H2,1-4H3,(H,14,15). The number of nitrogens with one attached hydrogen (secondary N) is 1. The summed E-state index contributed by atoms with van der Waals surface area (Å²) in [6, 6.07) is 0.592. The summed E-state index contributed by atoms with van der Waals surface area (Å²) in [5.74, 6) is -0.708. The molecule has 0 heterocycles. The zero-order valence-corrected chi connectivity index (χ0v) is 10.1. The van der Waals surface area contributed by atoms with Gasteiger partial charge in [-0.25, -0.2) is 0 Å². The molecule has 0 aliphatic heterocycles. The van der Waals surface area contributed by atoms with Crippen LogP contribution in [-0.4, -0.2) is 47.7 Å². The summed E-state index contributed by atoms with van der Waals surface area (Å²) in [6.07, 6.45) is 2.38. The Balaban J connectivity index is 2.73. The Bertz CT molecular complexity index is 241. The van der Waals surface area contributed by atoms with Gasteiger partial charge >= 0.3 is 5.97 Å². The first kappa shape index (κ1) is 12.5. The van der Waals surface area contributed by atoms with Crippen LogP contribution in [0, 0.1) is 0 Å². The highest BCUT2D eigenvalue weighted by molar-refractivity contribution is 5.79. The lowest BCUT2D eigenvalue weighted by atomic mass is 9.96. The van der Waals surface area contributed by atoms with Crippen molar-refractivity contribution in [3.63, 3.8) is 0 Å². The van der Waals surface area contributed by atoms with Gasteiger partial charge in [-0.1, -0.05) is 0 Å². The van der Waals surface area contributed by atoms with E-state index in [1.165, 1.54) is 0 Å². The molecule has 1 aliphatic rings. The Morgan fingerprint density at radius 1 is 1.53 bits per heavy atom. The average Bonchev–Trinajstić information content (AvgIpc) is 2.48. The fourth-order valence-electron chi connectivity index (χ4n) is 2.40. The van der Waals surface area contributed by atoms with E-state index in [2.05, 4.69) is 10.2 Å². The van der Waals surface area contributed by atoms with Crippen molar-refractivity contribution < 1.29 is 9.90 Å². The third-order valence-electron chi connectivity index (χ3n) is 3.19. The maximum atomic E-state index is 11.3. The van der Waals surface area contributed by atoms with Crippen molar-refractivity contribution in [2.75, 3.05) is 14.1 Å². The van der Waals surface area contributed by atoms with Gasteiger partial charge in [-0.05, 0) is 47.2 Å². The van der Waals surface area contributed by atoms with Crippen LogP contribution in [0.1, 0.15) is 33.1 Å². The van der Waals surface area contributed by atoms with Gasteiger partial charge < -0.3 is 10.0 Å². The summed E-state index contributed by atoms with van der Waals surface area (Å²) in [5.41, 5.74) is -0.705. The van der Waals surface area contributed by atoms with Crippen molar-refractivity contribution in [1.82, 2.24) is 10.2 Å². The first-order chi connectivity index (χ1) is 6.87. The van der Waals surface area contributed by atoms with E-state index in [4.69, 9.17) is 0 Å². The highest BCUT2D eigenvalue weighted by atomic mass is 16.4. The summed E-state index contributed by atoms with van der Waals surface area (Å²) in [6.45, 7) is 3.99. The zero-order chi connectivity index (χ0) is 11.6. The molecule has 0 amide bonds. The topological polar surface area (TPSA) is 52.6 Å². The van der Waals surface area contributed by atoms with Crippen molar-refractivity contribution >= 4 is 5.97 Å². The Kier molecular flexibility index (Phi) is 3.73. The molecule has 0 radical (unpaired) electrons. The predicted octanol–water partition coefficient (Wildman–Crippen LogP) is 0.922. The summed E-state index contributed by atoms with van der Waals surface area (Å²) < 4.78 is 0. The largest absolute Gasteiger partial charge is 0.480 e. The Morgan fingerprint density at radius 2 is 2.13 bits per heavy atom. The molecule has 2 atom stereocenters. The fraction of sp³-hybridized carbons (Fsp3) is 0.909. The van der Waals surface area contributed by atoms with Crippen LogP contribution in [0.4, 0.5) is 0 Å². The van der Waals surface area contributed by atoms with Gasteiger partial charge in [0.25, 0.3) is 0 Å². The van der Waals surface area contributed by atoms with E-state index < -0.39 is 11.5 Å². The molecule has 0 aromatic carbocycles. The lowest BCUT2D eigenvalue weighted by Gasteiger charge is -2.29. The van der Waals surface area contributed by atoms with Crippen LogP contribution < -0.4 is 5.32 Å². The van der Waals surface area contributed by atoms with Crippen molar-refractivity contribution in [3.05, 3.63) is 0 Å². The highest BCUT2D eigenvalue weighted by Gasteiger charge is 2.46. The molecular weight excluding hydrogens is 192 g/mol. The van der Waals surface area contributed by atoms with Crippen LogP contribution >= 0.6 is 0 Å². The van der Waals surface area contributed by atoms with Crippen molar-refractivity contribution in [1.29, 1.82) is 0 Å². The van der Waals surface area contributed by atoms with Gasteiger partial charge in [0.15, 0.2) is 0 Å². The molecule has 2 unspecified atom stereocenters. The van der Waals surface area contributed by atoms with Gasteiger partial charge in [-0.3, -0.25) is 10.1 Å². The van der Waals surface area contributed by atoms with Gasteiger partial charge in [-0.15, -0.1) is 0 Å². The summed E-state index contributed by atoms with van der Waals surface area (Å²) in [4.78, 5) is 13.5. The van der Waals surface area contributed by atoms with Crippen LogP contribution in [0.5, 0.6) is 0 Å². The van der Waals surface area contributed by atoms with E-state index in [0.717, 1.165) is 12.8 Å². The minimum absolute atomic E-state index is 0.210. The first-order valence-electron chi connectivity index (χ1n) is 5.55. The Labute approximate surface area is 91.6 Å². The number of hydrogen-bond acceptors (Lipinski definition) is 3. The second-order valence-corrected chi connectivity index (χ2v) is 5.05. The van der Waals surface area contributed by atoms with E-state index in [9.17, 15) is 9.90 Å². The molecule has 1 rings (SSSR count). The number of aliphatic carboxylic acids is 1. The molecule has 4 heteroatoms. The minimum atomic E-state index is -0.708. The van der Waals surface area contributed by atoms with E-state index >= 15 is 0 Å². The number of hydrogen-bond donors (Lipinski definition) is 2. The van der Waals surface area contributed by atoms with Gasteiger partial charge in [0, 0.05) is 12.1 Å². The van der Waals surface area contributed by atoms with E-state index in [0.29, 0.717) is 12.5 Å². The second kappa shape index (κ2) is 4.49. The first-order valence-corrected chi connectivity index (χ1v) is 5.55. The van der Waals surface area contributed by atoms with Crippen LogP contribution in [0.3, 0.4) is 0 Å². The number of rotatable bonds is 4. The summed E-state index contributed by atoms with van der Waals surface area (Å²) >= 11 is 0. The van der Waals surface area contributed by atoms with Crippen LogP contribution in [0.2, 0.25) is 0 Å². The lowest BCUT2D eigenvalue weighted by Crippen LogP contribution is -2.53. The third-order valence-corrected chi connectivity index (χ3v) is 3.19. The lowest BCUT2D eigenvalue weighted by molar-refractivity contribution is -0.145. The molecule has 1 fully saturated rings. The highest BCUT2D eigenvalue weighted by Crippen LogP contribution is 2.32. The molecule has 0 aromatic rings. The smallest absolute Gasteiger partial charge is 0.323 e. The van der Waals surface area contributed by atoms with Crippen molar-refractivity contribution in [2.24, 2.45) is 0 Å². The van der Waals surface area contributed by atoms with Crippen LogP contribution in [0.25, 0.3) is 0 Å². The molecule has 0 bridgehead atoms. The van der Waals surface area contributed by atoms with Crippen LogP contribution in [0.15, 0.2) is 0 Å². The molecule has 4 nitrogen and oxygen atoms in total. The number of carbonyl (C=O) groups is 1. The number of carboxylic acids is 1. The molecule has 0 saturated heterocycles.